The van der Waals surface area contributed by atoms with Gasteiger partial charge < -0.3 is 10.1 Å². The maximum Gasteiger partial charge on any atom is 0.322 e. The smallest absolute Gasteiger partial charge is 0.322 e. The third kappa shape index (κ3) is 4.05. The van der Waals surface area contributed by atoms with Crippen molar-refractivity contribution in [1.29, 1.82) is 0 Å². The van der Waals surface area contributed by atoms with Crippen molar-refractivity contribution in [2.24, 2.45) is 0 Å². The predicted molar refractivity (Wildman–Crippen MR) is 81.7 cm³/mol. The van der Waals surface area contributed by atoms with Crippen molar-refractivity contribution in [2.45, 2.75) is 39.8 Å². The number of anilines is 1. The molecule has 20 heavy (non-hydrogen) atoms. The first-order chi connectivity index (χ1) is 9.44. The van der Waals surface area contributed by atoms with Gasteiger partial charge in [0.15, 0.2) is 0 Å². The van der Waals surface area contributed by atoms with Gasteiger partial charge in [0.25, 0.3) is 0 Å². The van der Waals surface area contributed by atoms with Crippen molar-refractivity contribution in [3.05, 3.63) is 27.2 Å². The van der Waals surface area contributed by atoms with Crippen LogP contribution in [0.1, 0.15) is 36.6 Å². The van der Waals surface area contributed by atoms with E-state index in [0.29, 0.717) is 5.95 Å². The van der Waals surface area contributed by atoms with Crippen molar-refractivity contribution in [3.63, 3.8) is 0 Å². The van der Waals surface area contributed by atoms with E-state index in [2.05, 4.69) is 39.3 Å². The van der Waals surface area contributed by atoms with Crippen LogP contribution in [-0.2, 0) is 0 Å². The summed E-state index contributed by atoms with van der Waals surface area (Å²) in [5.74, 6) is 0.416. The highest BCUT2D eigenvalue weighted by molar-refractivity contribution is 7.12. The van der Waals surface area contributed by atoms with Gasteiger partial charge in [-0.3, -0.25) is 0 Å². The molecule has 1 atom stereocenters. The molecule has 0 aliphatic carbocycles. The predicted octanol–water partition coefficient (Wildman–Crippen LogP) is 3.86. The molecule has 1 N–H and O–H groups in total. The number of halogens is 1. The van der Waals surface area contributed by atoms with E-state index in [4.69, 9.17) is 16.3 Å². The molecule has 0 saturated heterocycles. The summed E-state index contributed by atoms with van der Waals surface area (Å²) < 4.78 is 5.44. The number of nitrogens with one attached hydrogen (secondary N) is 1. The van der Waals surface area contributed by atoms with Crippen molar-refractivity contribution >= 4 is 28.9 Å². The topological polar surface area (TPSA) is 59.9 Å². The minimum absolute atomic E-state index is 0.0151. The summed E-state index contributed by atoms with van der Waals surface area (Å²) in [6.45, 7) is 7.94. The van der Waals surface area contributed by atoms with Gasteiger partial charge in [0, 0.05) is 9.75 Å². The monoisotopic (exact) mass is 312 g/mol. The van der Waals surface area contributed by atoms with E-state index >= 15 is 0 Å². The number of rotatable bonds is 5. The lowest BCUT2D eigenvalue weighted by atomic mass is 10.3. The summed E-state index contributed by atoms with van der Waals surface area (Å²) >= 11 is 7.62. The summed E-state index contributed by atoms with van der Waals surface area (Å²) in [7, 11) is 0. The Labute approximate surface area is 127 Å². The summed E-state index contributed by atoms with van der Waals surface area (Å²) in [5, 5.41) is 3.33. The summed E-state index contributed by atoms with van der Waals surface area (Å²) in [4.78, 5) is 14.7. The SMILES string of the molecule is Cc1ccc(C(C)Nc2nc(Cl)nc(OC(C)C)n2)s1. The van der Waals surface area contributed by atoms with Crippen LogP contribution in [-0.4, -0.2) is 21.1 Å². The van der Waals surface area contributed by atoms with Gasteiger partial charge in [-0.2, -0.15) is 15.0 Å². The molecule has 0 aromatic carbocycles. The van der Waals surface area contributed by atoms with Crippen LogP contribution in [0.2, 0.25) is 5.28 Å². The maximum atomic E-state index is 5.89. The largest absolute Gasteiger partial charge is 0.461 e. The zero-order chi connectivity index (χ0) is 14.7. The van der Waals surface area contributed by atoms with Crippen LogP contribution < -0.4 is 10.1 Å². The Morgan fingerprint density at radius 2 is 1.95 bits per heavy atom. The van der Waals surface area contributed by atoms with Gasteiger partial charge in [0.1, 0.15) is 0 Å². The van der Waals surface area contributed by atoms with E-state index in [1.54, 1.807) is 11.3 Å². The molecule has 108 valence electrons. The average molecular weight is 313 g/mol. The molecule has 2 heterocycles. The van der Waals surface area contributed by atoms with Crippen LogP contribution in [0.3, 0.4) is 0 Å². The highest BCUT2D eigenvalue weighted by atomic mass is 35.5. The molecule has 0 fully saturated rings. The molecule has 2 aromatic heterocycles. The molecule has 0 radical (unpaired) electrons. The third-order valence-corrected chi connectivity index (χ3v) is 3.81. The highest BCUT2D eigenvalue weighted by Gasteiger charge is 2.12. The van der Waals surface area contributed by atoms with Gasteiger partial charge >= 0.3 is 6.01 Å². The van der Waals surface area contributed by atoms with Gasteiger partial charge in [-0.05, 0) is 51.4 Å². The molecular formula is C13H17ClN4OS. The van der Waals surface area contributed by atoms with E-state index in [1.807, 2.05) is 20.8 Å². The number of nitrogens with zero attached hydrogens (tertiary/aromatic N) is 3. The fraction of sp³-hybridized carbons (Fsp3) is 0.462. The molecule has 0 aliphatic rings. The average Bonchev–Trinajstić information content (AvgIpc) is 2.74. The molecule has 2 aromatic rings. The zero-order valence-electron chi connectivity index (χ0n) is 11.8. The lowest BCUT2D eigenvalue weighted by Crippen LogP contribution is -2.13. The summed E-state index contributed by atoms with van der Waals surface area (Å²) in [5.41, 5.74) is 0. The second-order valence-electron chi connectivity index (χ2n) is 4.69. The van der Waals surface area contributed by atoms with E-state index in [-0.39, 0.29) is 23.4 Å². The van der Waals surface area contributed by atoms with Crippen molar-refractivity contribution in [3.8, 4) is 6.01 Å². The van der Waals surface area contributed by atoms with E-state index in [9.17, 15) is 0 Å². The molecule has 0 bridgehead atoms. The maximum absolute atomic E-state index is 5.89. The summed E-state index contributed by atoms with van der Waals surface area (Å²) in [6, 6.07) is 4.51. The Morgan fingerprint density at radius 3 is 2.55 bits per heavy atom. The minimum Gasteiger partial charge on any atom is -0.461 e. The number of hydrogen-bond donors (Lipinski definition) is 1. The fourth-order valence-electron chi connectivity index (χ4n) is 1.61. The van der Waals surface area contributed by atoms with Crippen LogP contribution in [0.15, 0.2) is 12.1 Å². The van der Waals surface area contributed by atoms with Gasteiger partial charge in [-0.25, -0.2) is 0 Å². The number of thiophene rings is 1. The van der Waals surface area contributed by atoms with Crippen molar-refractivity contribution < 1.29 is 4.74 Å². The van der Waals surface area contributed by atoms with Crippen molar-refractivity contribution in [1.82, 2.24) is 15.0 Å². The Bertz CT molecular complexity index is 588. The lowest BCUT2D eigenvalue weighted by molar-refractivity contribution is 0.222. The first kappa shape index (κ1) is 15.0. The molecule has 0 amide bonds. The molecule has 7 heteroatoms. The molecule has 0 saturated carbocycles. The Balaban J connectivity index is 2.14. The van der Waals surface area contributed by atoms with Gasteiger partial charge in [0.05, 0.1) is 12.1 Å². The standard InChI is InChI=1S/C13H17ClN4OS/c1-7(2)19-13-17-11(14)16-12(18-13)15-9(4)10-6-5-8(3)20-10/h5-7,9H,1-4H3,(H,15,16,17,18). The first-order valence-electron chi connectivity index (χ1n) is 6.35. The van der Waals surface area contributed by atoms with E-state index in [0.717, 1.165) is 0 Å². The zero-order valence-corrected chi connectivity index (χ0v) is 13.4. The van der Waals surface area contributed by atoms with Gasteiger partial charge in [-0.15, -0.1) is 11.3 Å². The first-order valence-corrected chi connectivity index (χ1v) is 7.54. The van der Waals surface area contributed by atoms with Gasteiger partial charge in [0.2, 0.25) is 11.2 Å². The Hall–Kier alpha value is -1.40. The molecule has 0 spiro atoms. The molecule has 1 unspecified atom stereocenters. The molecule has 0 aliphatic heterocycles. The highest BCUT2D eigenvalue weighted by Crippen LogP contribution is 2.25. The Kier molecular flexibility index (Phi) is 4.77. The van der Waals surface area contributed by atoms with Gasteiger partial charge in [-0.1, -0.05) is 0 Å². The second kappa shape index (κ2) is 6.37. The number of ether oxygens (including phenoxy) is 1. The number of hydrogen-bond acceptors (Lipinski definition) is 6. The van der Waals surface area contributed by atoms with Crippen LogP contribution >= 0.6 is 22.9 Å². The van der Waals surface area contributed by atoms with Crippen molar-refractivity contribution in [2.75, 3.05) is 5.32 Å². The minimum atomic E-state index is -0.0151. The van der Waals surface area contributed by atoms with Crippen LogP contribution in [0, 0.1) is 6.92 Å². The molecular weight excluding hydrogens is 296 g/mol. The number of aromatic nitrogens is 3. The molecule has 2 rings (SSSR count). The van der Waals surface area contributed by atoms with Crippen LogP contribution in [0.5, 0.6) is 6.01 Å². The van der Waals surface area contributed by atoms with E-state index < -0.39 is 0 Å². The second-order valence-corrected chi connectivity index (χ2v) is 6.35. The Morgan fingerprint density at radius 1 is 1.20 bits per heavy atom. The third-order valence-electron chi connectivity index (χ3n) is 2.46. The van der Waals surface area contributed by atoms with E-state index in [1.165, 1.54) is 9.75 Å². The van der Waals surface area contributed by atoms with Crippen LogP contribution in [0.25, 0.3) is 0 Å². The summed E-state index contributed by atoms with van der Waals surface area (Å²) in [6.07, 6.45) is -0.0151. The fourth-order valence-corrected chi connectivity index (χ4v) is 2.64. The lowest BCUT2D eigenvalue weighted by Gasteiger charge is -2.13. The quantitative estimate of drug-likeness (QED) is 0.908. The normalized spacial score (nSPS) is 12.5. The molecule has 5 nitrogen and oxygen atoms in total. The van der Waals surface area contributed by atoms with Crippen LogP contribution in [0.4, 0.5) is 5.95 Å². The number of aryl methyl sites for hydroxylation is 1.